The van der Waals surface area contributed by atoms with Gasteiger partial charge < -0.3 is 10.6 Å². The van der Waals surface area contributed by atoms with E-state index < -0.39 is 0 Å². The minimum Gasteiger partial charge on any atom is -0.368 e. The van der Waals surface area contributed by atoms with Gasteiger partial charge in [0.05, 0.1) is 0 Å². The number of hydrogen-bond donors (Lipinski definition) is 1. The molecule has 0 radical (unpaired) electrons. The predicted octanol–water partition coefficient (Wildman–Crippen LogP) is 1.64. The number of aromatic nitrogens is 2. The minimum absolute atomic E-state index is 0.386. The summed E-state index contributed by atoms with van der Waals surface area (Å²) < 4.78 is 0. The number of aryl methyl sites for hydroxylation is 1. The lowest BCUT2D eigenvalue weighted by Gasteiger charge is -2.40. The molecule has 116 valence electrons. The Kier molecular flexibility index (Phi) is 4.85. The maximum atomic E-state index is 5.77. The number of nitrogen functional groups attached to an aromatic ring is 1. The highest BCUT2D eigenvalue weighted by atomic mass is 32.2. The Balaban J connectivity index is 1.64. The second kappa shape index (κ2) is 6.83. The molecule has 0 aromatic carbocycles. The van der Waals surface area contributed by atoms with E-state index in [2.05, 4.69) is 38.5 Å². The fraction of sp³-hybridized carbons (Fsp3) is 0.733. The molecule has 2 aliphatic heterocycles. The Morgan fingerprint density at radius 2 is 1.95 bits per heavy atom. The highest BCUT2D eigenvalue weighted by Crippen LogP contribution is 2.26. The van der Waals surface area contributed by atoms with Crippen LogP contribution in [0.4, 0.5) is 11.8 Å². The van der Waals surface area contributed by atoms with E-state index in [0.29, 0.717) is 5.95 Å². The molecule has 2 N–H and O–H groups in total. The van der Waals surface area contributed by atoms with Crippen LogP contribution in [-0.4, -0.2) is 58.6 Å². The average Bonchev–Trinajstić information content (AvgIpc) is 2.56. The van der Waals surface area contributed by atoms with Crippen molar-refractivity contribution in [2.75, 3.05) is 48.3 Å². The largest absolute Gasteiger partial charge is 0.368 e. The van der Waals surface area contributed by atoms with E-state index in [-0.39, 0.29) is 0 Å². The van der Waals surface area contributed by atoms with Gasteiger partial charge in [0.25, 0.3) is 0 Å². The van der Waals surface area contributed by atoms with Crippen molar-refractivity contribution in [2.24, 2.45) is 0 Å². The number of nitrogens with zero attached hydrogens (tertiary/aromatic N) is 4. The summed E-state index contributed by atoms with van der Waals surface area (Å²) >= 11 is 2.08. The smallest absolute Gasteiger partial charge is 0.221 e. The molecule has 0 aliphatic carbocycles. The van der Waals surface area contributed by atoms with Crippen LogP contribution < -0.4 is 10.6 Å². The van der Waals surface area contributed by atoms with Gasteiger partial charge in [0.2, 0.25) is 5.95 Å². The number of hydrogen-bond acceptors (Lipinski definition) is 6. The van der Waals surface area contributed by atoms with Gasteiger partial charge >= 0.3 is 0 Å². The van der Waals surface area contributed by atoms with Gasteiger partial charge in [-0.15, -0.1) is 0 Å². The molecule has 0 spiro atoms. The van der Waals surface area contributed by atoms with E-state index >= 15 is 0 Å². The Morgan fingerprint density at radius 3 is 2.62 bits per heavy atom. The first kappa shape index (κ1) is 14.9. The molecule has 2 aliphatic rings. The quantitative estimate of drug-likeness (QED) is 0.916. The lowest BCUT2D eigenvalue weighted by atomic mass is 10.0. The van der Waals surface area contributed by atoms with E-state index in [1.807, 2.05) is 6.20 Å². The number of rotatable bonds is 3. The summed E-state index contributed by atoms with van der Waals surface area (Å²) in [6, 6.07) is 0.756. The molecule has 3 heterocycles. The van der Waals surface area contributed by atoms with E-state index in [4.69, 9.17) is 5.73 Å². The topological polar surface area (TPSA) is 58.3 Å². The molecular formula is C15H25N5S. The maximum Gasteiger partial charge on any atom is 0.221 e. The van der Waals surface area contributed by atoms with Crippen molar-refractivity contribution in [3.05, 3.63) is 11.8 Å². The normalized spacial score (nSPS) is 21.7. The van der Waals surface area contributed by atoms with Crippen molar-refractivity contribution in [3.63, 3.8) is 0 Å². The Morgan fingerprint density at radius 1 is 1.24 bits per heavy atom. The molecule has 1 aromatic heterocycles. The van der Waals surface area contributed by atoms with Crippen LogP contribution in [0.25, 0.3) is 0 Å². The van der Waals surface area contributed by atoms with Gasteiger partial charge in [-0.05, 0) is 19.3 Å². The summed E-state index contributed by atoms with van der Waals surface area (Å²) in [5.74, 6) is 4.03. The molecule has 21 heavy (non-hydrogen) atoms. The molecule has 0 saturated carbocycles. The van der Waals surface area contributed by atoms with Crippen LogP contribution >= 0.6 is 11.8 Å². The van der Waals surface area contributed by atoms with Crippen molar-refractivity contribution in [1.29, 1.82) is 0 Å². The second-order valence-corrected chi connectivity index (χ2v) is 7.02. The summed E-state index contributed by atoms with van der Waals surface area (Å²) in [6.07, 6.45) is 5.31. The third-order valence-corrected chi connectivity index (χ3v) is 5.51. The number of anilines is 2. The van der Waals surface area contributed by atoms with Gasteiger partial charge in [0.1, 0.15) is 5.82 Å². The zero-order valence-electron chi connectivity index (χ0n) is 12.8. The molecule has 1 aromatic rings. The zero-order chi connectivity index (χ0) is 14.7. The fourth-order valence-corrected chi connectivity index (χ4v) is 4.25. The maximum absolute atomic E-state index is 5.77. The summed E-state index contributed by atoms with van der Waals surface area (Å²) in [5, 5.41) is 0. The summed E-state index contributed by atoms with van der Waals surface area (Å²) in [5.41, 5.74) is 6.98. The summed E-state index contributed by atoms with van der Waals surface area (Å²) in [4.78, 5) is 13.7. The average molecular weight is 307 g/mol. The van der Waals surface area contributed by atoms with Gasteiger partial charge in [-0.1, -0.05) is 6.92 Å². The lowest BCUT2D eigenvalue weighted by Crippen LogP contribution is -2.48. The SMILES string of the molecule is CCc1cnc(N)nc1N1CCC(N2CCSCC2)CC1. The molecule has 2 saturated heterocycles. The highest BCUT2D eigenvalue weighted by molar-refractivity contribution is 7.99. The Labute approximate surface area is 131 Å². The molecule has 0 unspecified atom stereocenters. The van der Waals surface area contributed by atoms with Crippen LogP contribution in [0.2, 0.25) is 0 Å². The predicted molar refractivity (Wildman–Crippen MR) is 90.0 cm³/mol. The van der Waals surface area contributed by atoms with Crippen LogP contribution in [-0.2, 0) is 6.42 Å². The molecule has 0 amide bonds. The second-order valence-electron chi connectivity index (χ2n) is 5.80. The van der Waals surface area contributed by atoms with Crippen LogP contribution in [0.1, 0.15) is 25.3 Å². The molecule has 0 atom stereocenters. The molecule has 0 bridgehead atoms. The highest BCUT2D eigenvalue weighted by Gasteiger charge is 2.27. The zero-order valence-corrected chi connectivity index (χ0v) is 13.6. The van der Waals surface area contributed by atoms with E-state index in [0.717, 1.165) is 31.4 Å². The van der Waals surface area contributed by atoms with Crippen molar-refractivity contribution in [3.8, 4) is 0 Å². The fourth-order valence-electron chi connectivity index (χ4n) is 3.32. The Bertz CT molecular complexity index is 467. The monoisotopic (exact) mass is 307 g/mol. The van der Waals surface area contributed by atoms with Gasteiger partial charge in [-0.2, -0.15) is 16.7 Å². The number of piperidine rings is 1. The van der Waals surface area contributed by atoms with Crippen molar-refractivity contribution >= 4 is 23.5 Å². The standard InChI is InChI=1S/C15H25N5S/c1-2-12-11-17-15(16)18-14(12)20-5-3-13(4-6-20)19-7-9-21-10-8-19/h11,13H,2-10H2,1H3,(H2,16,17,18). The van der Waals surface area contributed by atoms with E-state index in [1.165, 1.54) is 43.0 Å². The number of thioether (sulfide) groups is 1. The van der Waals surface area contributed by atoms with E-state index in [1.54, 1.807) is 0 Å². The van der Waals surface area contributed by atoms with Crippen molar-refractivity contribution in [1.82, 2.24) is 14.9 Å². The van der Waals surface area contributed by atoms with Gasteiger partial charge in [0.15, 0.2) is 0 Å². The van der Waals surface area contributed by atoms with Crippen LogP contribution in [0.3, 0.4) is 0 Å². The molecule has 6 heteroatoms. The third kappa shape index (κ3) is 3.43. The first-order valence-corrected chi connectivity index (χ1v) is 9.11. The van der Waals surface area contributed by atoms with Crippen LogP contribution in [0.15, 0.2) is 6.20 Å². The molecule has 2 fully saturated rings. The van der Waals surface area contributed by atoms with Crippen LogP contribution in [0, 0.1) is 0 Å². The van der Waals surface area contributed by atoms with Crippen molar-refractivity contribution < 1.29 is 0 Å². The first-order chi connectivity index (χ1) is 10.3. The van der Waals surface area contributed by atoms with Gasteiger partial charge in [-0.25, -0.2) is 4.98 Å². The Hall–Kier alpha value is -1.01. The van der Waals surface area contributed by atoms with Gasteiger partial charge in [0, 0.05) is 55.5 Å². The summed E-state index contributed by atoms with van der Waals surface area (Å²) in [7, 11) is 0. The summed E-state index contributed by atoms with van der Waals surface area (Å²) in [6.45, 7) is 6.83. The van der Waals surface area contributed by atoms with Gasteiger partial charge in [-0.3, -0.25) is 4.90 Å². The van der Waals surface area contributed by atoms with E-state index in [9.17, 15) is 0 Å². The lowest BCUT2D eigenvalue weighted by molar-refractivity contribution is 0.185. The first-order valence-electron chi connectivity index (χ1n) is 7.96. The molecule has 5 nitrogen and oxygen atoms in total. The molecular weight excluding hydrogens is 282 g/mol. The van der Waals surface area contributed by atoms with Crippen molar-refractivity contribution in [2.45, 2.75) is 32.2 Å². The number of nitrogens with two attached hydrogens (primary N) is 1. The van der Waals surface area contributed by atoms with Crippen LogP contribution in [0.5, 0.6) is 0 Å². The third-order valence-electron chi connectivity index (χ3n) is 4.57. The molecule has 3 rings (SSSR count). The minimum atomic E-state index is 0.386.